The molecule has 4 rings (SSSR count). The summed E-state index contributed by atoms with van der Waals surface area (Å²) < 4.78 is 44.2. The van der Waals surface area contributed by atoms with Crippen LogP contribution in [-0.2, 0) is 36.0 Å². The second kappa shape index (κ2) is 12.6. The molecule has 2 saturated heterocycles. The maximum atomic E-state index is 5.58. The Morgan fingerprint density at radius 2 is 0.882 bits per heavy atom. The van der Waals surface area contributed by atoms with Crippen molar-refractivity contribution in [3.05, 3.63) is 0 Å². The van der Waals surface area contributed by atoms with Crippen molar-refractivity contribution in [3.8, 4) is 0 Å². The van der Waals surface area contributed by atoms with Crippen molar-refractivity contribution in [2.45, 2.75) is 88.9 Å². The van der Waals surface area contributed by atoms with Crippen molar-refractivity contribution in [1.29, 1.82) is 0 Å². The van der Waals surface area contributed by atoms with Crippen molar-refractivity contribution in [2.24, 2.45) is 23.7 Å². The first-order valence-corrected chi connectivity index (χ1v) is 16.8. The first-order chi connectivity index (χ1) is 16.3. The van der Waals surface area contributed by atoms with Gasteiger partial charge >= 0.3 is 17.6 Å². The van der Waals surface area contributed by atoms with Crippen LogP contribution in [-0.4, -0.2) is 84.7 Å². The Balaban J connectivity index is 0.000000191. The minimum Gasteiger partial charge on any atom is -0.377 e. The zero-order valence-corrected chi connectivity index (χ0v) is 24.5. The van der Waals surface area contributed by atoms with Gasteiger partial charge in [-0.1, -0.05) is 13.8 Å². The fourth-order valence-corrected chi connectivity index (χ4v) is 10.3. The molecular weight excluding hydrogens is 472 g/mol. The number of epoxide rings is 2. The van der Waals surface area contributed by atoms with Crippen molar-refractivity contribution < 1.29 is 36.0 Å². The van der Waals surface area contributed by atoms with Crippen molar-refractivity contribution in [1.82, 2.24) is 0 Å². The highest BCUT2D eigenvalue weighted by Crippen LogP contribution is 2.44. The normalized spacial score (nSPS) is 34.2. The molecule has 8 atom stereocenters. The van der Waals surface area contributed by atoms with Crippen LogP contribution in [0.4, 0.5) is 0 Å². The molecule has 8 unspecified atom stereocenters. The van der Waals surface area contributed by atoms with Crippen molar-refractivity contribution >= 4 is 17.6 Å². The summed E-state index contributed by atoms with van der Waals surface area (Å²) in [6.45, 7) is 4.57. The predicted octanol–water partition coefficient (Wildman–Crippen LogP) is 4.14. The Morgan fingerprint density at radius 3 is 1.15 bits per heavy atom. The number of hydrogen-bond acceptors (Lipinski definition) is 8. The summed E-state index contributed by atoms with van der Waals surface area (Å²) in [5, 5.41) is 0. The molecule has 0 bridgehead atoms. The van der Waals surface area contributed by atoms with E-state index in [9.17, 15) is 0 Å². The van der Waals surface area contributed by atoms with Gasteiger partial charge in [0.2, 0.25) is 0 Å². The van der Waals surface area contributed by atoms with Gasteiger partial charge in [-0.3, -0.25) is 0 Å². The average Bonchev–Trinajstić information content (AvgIpc) is 3.80. The van der Waals surface area contributed by atoms with E-state index in [4.69, 9.17) is 36.0 Å². The standard InChI is InChI=1S/2C12H24O4Si/c2*1-9(8-17(13-2,14-3)15-4)10-5-6-11-12(7-10)16-11/h2*9-12H,5-8H2,1-4H3. The molecule has 4 fully saturated rings. The second-order valence-corrected chi connectivity index (χ2v) is 16.5. The Morgan fingerprint density at radius 1 is 0.559 bits per heavy atom. The molecule has 0 aromatic heterocycles. The van der Waals surface area contributed by atoms with E-state index in [0.29, 0.717) is 36.3 Å². The molecule has 0 aromatic rings. The molecule has 0 aromatic carbocycles. The molecule has 2 heterocycles. The fraction of sp³-hybridized carbons (Fsp3) is 1.00. The summed E-state index contributed by atoms with van der Waals surface area (Å²) >= 11 is 0. The van der Waals surface area contributed by atoms with Crippen LogP contribution in [0.3, 0.4) is 0 Å². The molecule has 4 aliphatic rings. The molecule has 2 aliphatic carbocycles. The molecule has 0 N–H and O–H groups in total. The minimum absolute atomic E-state index is 0.542. The number of hydrogen-bond donors (Lipinski definition) is 0. The quantitative estimate of drug-likeness (QED) is 0.281. The number of fused-ring (bicyclic) bond motifs is 2. The SMILES string of the molecule is CO[Si](CC(C)C1CCC2OC2C1)(OC)OC.CO[Si](CC(C)C1CCC2OC2C1)(OC)OC. The van der Waals surface area contributed by atoms with Crippen LogP contribution in [0.25, 0.3) is 0 Å². The zero-order valence-electron chi connectivity index (χ0n) is 22.5. The maximum Gasteiger partial charge on any atom is 0.500 e. The fourth-order valence-electron chi connectivity index (χ4n) is 6.03. The van der Waals surface area contributed by atoms with Crippen LogP contribution in [0.5, 0.6) is 0 Å². The van der Waals surface area contributed by atoms with Gasteiger partial charge in [-0.15, -0.1) is 0 Å². The third kappa shape index (κ3) is 7.11. The summed E-state index contributed by atoms with van der Waals surface area (Å²) in [5.74, 6) is 2.61. The van der Waals surface area contributed by atoms with Crippen molar-refractivity contribution in [3.63, 3.8) is 0 Å². The van der Waals surface area contributed by atoms with Gasteiger partial charge in [-0.25, -0.2) is 0 Å². The molecule has 2 saturated carbocycles. The average molecular weight is 521 g/mol. The minimum atomic E-state index is -2.41. The zero-order chi connectivity index (χ0) is 24.9. The highest BCUT2D eigenvalue weighted by Gasteiger charge is 2.49. The van der Waals surface area contributed by atoms with Crippen LogP contribution < -0.4 is 0 Å². The molecule has 200 valence electrons. The third-order valence-corrected chi connectivity index (χ3v) is 14.7. The van der Waals surface area contributed by atoms with E-state index in [1.807, 2.05) is 0 Å². The first-order valence-electron chi connectivity index (χ1n) is 12.9. The Kier molecular flexibility index (Phi) is 10.6. The molecule has 0 radical (unpaired) electrons. The van der Waals surface area contributed by atoms with E-state index in [-0.39, 0.29) is 0 Å². The molecule has 10 heteroatoms. The van der Waals surface area contributed by atoms with Gasteiger partial charge in [-0.2, -0.15) is 0 Å². The number of rotatable bonds is 12. The van der Waals surface area contributed by atoms with E-state index in [2.05, 4.69) is 13.8 Å². The van der Waals surface area contributed by atoms with Crippen LogP contribution >= 0.6 is 0 Å². The summed E-state index contributed by atoms with van der Waals surface area (Å²) in [5.41, 5.74) is 0. The van der Waals surface area contributed by atoms with Gasteiger partial charge in [0.1, 0.15) is 0 Å². The molecule has 8 nitrogen and oxygen atoms in total. The van der Waals surface area contributed by atoms with Crippen LogP contribution in [0.15, 0.2) is 0 Å². The van der Waals surface area contributed by atoms with Crippen LogP contribution in [0.2, 0.25) is 12.1 Å². The van der Waals surface area contributed by atoms with Gasteiger partial charge in [-0.05, 0) is 62.2 Å². The van der Waals surface area contributed by atoms with E-state index in [1.165, 1.54) is 38.5 Å². The third-order valence-electron chi connectivity index (χ3n) is 8.71. The van der Waals surface area contributed by atoms with Gasteiger partial charge in [0.25, 0.3) is 0 Å². The predicted molar refractivity (Wildman–Crippen MR) is 134 cm³/mol. The molecule has 2 aliphatic heterocycles. The monoisotopic (exact) mass is 520 g/mol. The van der Waals surface area contributed by atoms with E-state index >= 15 is 0 Å². The first kappa shape index (κ1) is 28.7. The summed E-state index contributed by atoms with van der Waals surface area (Å²) in [6, 6.07) is 1.80. The highest BCUT2D eigenvalue weighted by molar-refractivity contribution is 6.61. The maximum absolute atomic E-state index is 5.58. The summed E-state index contributed by atoms with van der Waals surface area (Å²) in [6.07, 6.45) is 9.62. The lowest BCUT2D eigenvalue weighted by atomic mass is 9.82. The Labute approximate surface area is 209 Å². The van der Waals surface area contributed by atoms with E-state index in [0.717, 1.165) is 23.9 Å². The highest BCUT2D eigenvalue weighted by atomic mass is 28.4. The number of ether oxygens (including phenoxy) is 2. The topological polar surface area (TPSA) is 80.4 Å². The largest absolute Gasteiger partial charge is 0.500 e. The summed E-state index contributed by atoms with van der Waals surface area (Å²) in [4.78, 5) is 0. The lowest BCUT2D eigenvalue weighted by Gasteiger charge is -2.32. The smallest absolute Gasteiger partial charge is 0.377 e. The van der Waals surface area contributed by atoms with E-state index in [1.54, 1.807) is 42.7 Å². The van der Waals surface area contributed by atoms with Gasteiger partial charge in [0, 0.05) is 54.7 Å². The lowest BCUT2D eigenvalue weighted by Crippen LogP contribution is -2.45. The molecule has 34 heavy (non-hydrogen) atoms. The second-order valence-electron chi connectivity index (χ2n) is 10.5. The Bertz CT molecular complexity index is 549. The van der Waals surface area contributed by atoms with E-state index < -0.39 is 17.6 Å². The van der Waals surface area contributed by atoms with Crippen molar-refractivity contribution in [2.75, 3.05) is 42.7 Å². The van der Waals surface area contributed by atoms with Gasteiger partial charge in [0.15, 0.2) is 0 Å². The lowest BCUT2D eigenvalue weighted by molar-refractivity contribution is 0.112. The summed E-state index contributed by atoms with van der Waals surface area (Å²) in [7, 11) is 5.30. The molecule has 0 amide bonds. The van der Waals surface area contributed by atoms with Gasteiger partial charge < -0.3 is 36.0 Å². The van der Waals surface area contributed by atoms with Gasteiger partial charge in [0.05, 0.1) is 24.4 Å². The molecular formula is C24H48O8Si2. The molecule has 0 spiro atoms. The van der Waals surface area contributed by atoms with Crippen LogP contribution in [0.1, 0.15) is 52.4 Å². The Hall–Kier alpha value is 0.114. The van der Waals surface area contributed by atoms with Crippen LogP contribution in [0, 0.1) is 23.7 Å².